The van der Waals surface area contributed by atoms with Crippen LogP contribution in [0.5, 0.6) is 11.6 Å². The molecule has 1 atom stereocenters. The predicted molar refractivity (Wildman–Crippen MR) is 146 cm³/mol. The van der Waals surface area contributed by atoms with Crippen molar-refractivity contribution in [3.05, 3.63) is 36.5 Å². The summed E-state index contributed by atoms with van der Waals surface area (Å²) in [7, 11) is 0. The molecule has 0 radical (unpaired) electrons. The fourth-order valence-electron chi connectivity index (χ4n) is 4.97. The van der Waals surface area contributed by atoms with E-state index >= 15 is 0 Å². The van der Waals surface area contributed by atoms with Gasteiger partial charge in [0.1, 0.15) is 5.75 Å². The maximum Gasteiger partial charge on any atom is 0.216 e. The maximum absolute atomic E-state index is 5.95. The van der Waals surface area contributed by atoms with E-state index in [0.717, 1.165) is 42.6 Å². The number of unbranched alkanes of at least 4 members (excludes halogenated alkanes) is 6. The van der Waals surface area contributed by atoms with Crippen LogP contribution in [-0.2, 0) is 0 Å². The van der Waals surface area contributed by atoms with Crippen molar-refractivity contribution in [1.82, 2.24) is 9.97 Å². The molecule has 0 aliphatic heterocycles. The van der Waals surface area contributed by atoms with Crippen molar-refractivity contribution in [3.8, 4) is 23.0 Å². The third-order valence-electron chi connectivity index (χ3n) is 7.53. The fraction of sp³-hybridized carbons (Fsp3) is 0.677. The molecule has 4 nitrogen and oxygen atoms in total. The van der Waals surface area contributed by atoms with Gasteiger partial charge in [0.25, 0.3) is 0 Å². The molecule has 1 saturated carbocycles. The lowest BCUT2D eigenvalue weighted by atomic mass is 9.99. The minimum atomic E-state index is 0.653. The monoisotopic (exact) mass is 480 g/mol. The fourth-order valence-corrected chi connectivity index (χ4v) is 4.97. The number of ether oxygens (including phenoxy) is 2. The van der Waals surface area contributed by atoms with Gasteiger partial charge in [0.15, 0.2) is 5.82 Å². The lowest BCUT2D eigenvalue weighted by Crippen LogP contribution is -2.01. The topological polar surface area (TPSA) is 44.2 Å². The van der Waals surface area contributed by atoms with Gasteiger partial charge in [-0.2, -0.15) is 4.98 Å². The van der Waals surface area contributed by atoms with Crippen LogP contribution in [0.4, 0.5) is 0 Å². The molecule has 35 heavy (non-hydrogen) atoms. The summed E-state index contributed by atoms with van der Waals surface area (Å²) >= 11 is 0. The Morgan fingerprint density at radius 1 is 0.829 bits per heavy atom. The van der Waals surface area contributed by atoms with Crippen molar-refractivity contribution in [3.63, 3.8) is 0 Å². The average molecular weight is 481 g/mol. The summed E-state index contributed by atoms with van der Waals surface area (Å²) in [6.45, 7) is 6.10. The molecule has 0 saturated heterocycles. The highest BCUT2D eigenvalue weighted by Gasteiger charge is 2.13. The highest BCUT2D eigenvalue weighted by molar-refractivity contribution is 5.56. The van der Waals surface area contributed by atoms with Gasteiger partial charge in [-0.25, -0.2) is 4.98 Å². The Morgan fingerprint density at radius 3 is 2.29 bits per heavy atom. The molecule has 1 heterocycles. The van der Waals surface area contributed by atoms with Crippen LogP contribution in [-0.4, -0.2) is 23.2 Å². The van der Waals surface area contributed by atoms with Gasteiger partial charge in [-0.15, -0.1) is 0 Å². The number of rotatable bonds is 18. The van der Waals surface area contributed by atoms with Gasteiger partial charge >= 0.3 is 0 Å². The Hall–Kier alpha value is -2.10. The summed E-state index contributed by atoms with van der Waals surface area (Å²) in [5.74, 6) is 4.14. The van der Waals surface area contributed by atoms with Crippen molar-refractivity contribution in [2.75, 3.05) is 13.2 Å². The lowest BCUT2D eigenvalue weighted by molar-refractivity contribution is 0.291. The van der Waals surface area contributed by atoms with Crippen LogP contribution < -0.4 is 9.47 Å². The molecule has 0 spiro atoms. The number of aromatic nitrogens is 2. The first kappa shape index (κ1) is 27.5. The van der Waals surface area contributed by atoms with E-state index in [1.165, 1.54) is 83.5 Å². The number of benzene rings is 1. The first-order valence-electron chi connectivity index (χ1n) is 14.4. The van der Waals surface area contributed by atoms with E-state index in [4.69, 9.17) is 9.47 Å². The summed E-state index contributed by atoms with van der Waals surface area (Å²) in [6, 6.07) is 9.95. The van der Waals surface area contributed by atoms with Gasteiger partial charge in [0.05, 0.1) is 13.2 Å². The third kappa shape index (κ3) is 11.0. The molecule has 194 valence electrons. The molecule has 1 aromatic heterocycles. The summed E-state index contributed by atoms with van der Waals surface area (Å²) in [6.07, 6.45) is 21.8. The van der Waals surface area contributed by atoms with Gasteiger partial charge in [-0.3, -0.25) is 0 Å². The lowest BCUT2D eigenvalue weighted by Gasteiger charge is -2.10. The zero-order valence-corrected chi connectivity index (χ0v) is 22.4. The van der Waals surface area contributed by atoms with Gasteiger partial charge in [0.2, 0.25) is 5.88 Å². The quantitative estimate of drug-likeness (QED) is 0.200. The molecule has 1 aliphatic rings. The second-order valence-electron chi connectivity index (χ2n) is 10.5. The van der Waals surface area contributed by atoms with Crippen LogP contribution in [0, 0.1) is 11.8 Å². The smallest absolute Gasteiger partial charge is 0.216 e. The molecule has 3 rings (SSSR count). The van der Waals surface area contributed by atoms with Crippen LogP contribution >= 0.6 is 0 Å². The van der Waals surface area contributed by atoms with Crippen LogP contribution in [0.15, 0.2) is 36.5 Å². The SMILES string of the molecule is CCC(C)CCCCCOc1ccnc(-c2ccc(OCCCCCCCC3CCCC3)cc2)n1. The Kier molecular flexibility index (Phi) is 13.0. The van der Waals surface area contributed by atoms with Crippen LogP contribution in [0.2, 0.25) is 0 Å². The van der Waals surface area contributed by atoms with E-state index in [0.29, 0.717) is 18.3 Å². The molecule has 1 aliphatic carbocycles. The molecule has 1 aromatic carbocycles. The van der Waals surface area contributed by atoms with E-state index in [9.17, 15) is 0 Å². The van der Waals surface area contributed by atoms with Crippen molar-refractivity contribution < 1.29 is 9.47 Å². The third-order valence-corrected chi connectivity index (χ3v) is 7.53. The molecule has 0 bridgehead atoms. The van der Waals surface area contributed by atoms with E-state index < -0.39 is 0 Å². The summed E-state index contributed by atoms with van der Waals surface area (Å²) < 4.78 is 11.8. The minimum Gasteiger partial charge on any atom is -0.494 e. The zero-order chi connectivity index (χ0) is 24.6. The molecule has 4 heteroatoms. The van der Waals surface area contributed by atoms with E-state index in [1.807, 2.05) is 30.3 Å². The molecular weight excluding hydrogens is 432 g/mol. The van der Waals surface area contributed by atoms with Crippen molar-refractivity contribution in [2.24, 2.45) is 11.8 Å². The van der Waals surface area contributed by atoms with Crippen molar-refractivity contribution in [2.45, 2.75) is 110 Å². The van der Waals surface area contributed by atoms with Gasteiger partial charge < -0.3 is 9.47 Å². The van der Waals surface area contributed by atoms with Gasteiger partial charge in [-0.1, -0.05) is 97.3 Å². The molecule has 1 unspecified atom stereocenters. The normalized spacial score (nSPS) is 14.8. The van der Waals surface area contributed by atoms with E-state index in [2.05, 4.69) is 23.8 Å². The summed E-state index contributed by atoms with van der Waals surface area (Å²) in [5, 5.41) is 0. The Bertz CT molecular complexity index is 802. The maximum atomic E-state index is 5.95. The highest BCUT2D eigenvalue weighted by Crippen LogP contribution is 2.29. The largest absolute Gasteiger partial charge is 0.494 e. The Balaban J connectivity index is 1.28. The first-order chi connectivity index (χ1) is 17.2. The minimum absolute atomic E-state index is 0.653. The van der Waals surface area contributed by atoms with Crippen LogP contribution in [0.1, 0.15) is 110 Å². The second-order valence-corrected chi connectivity index (χ2v) is 10.5. The molecule has 0 N–H and O–H groups in total. The second kappa shape index (κ2) is 16.5. The summed E-state index contributed by atoms with van der Waals surface area (Å²) in [5.41, 5.74) is 0.985. The van der Waals surface area contributed by atoms with Gasteiger partial charge in [-0.05, 0) is 48.9 Å². The molecule has 0 amide bonds. The van der Waals surface area contributed by atoms with Crippen molar-refractivity contribution >= 4 is 0 Å². The predicted octanol–water partition coefficient (Wildman–Crippen LogP) is 9.04. The van der Waals surface area contributed by atoms with Gasteiger partial charge in [0, 0.05) is 17.8 Å². The Morgan fingerprint density at radius 2 is 1.51 bits per heavy atom. The molecule has 1 fully saturated rings. The number of nitrogens with zero attached hydrogens (tertiary/aromatic N) is 2. The highest BCUT2D eigenvalue weighted by atomic mass is 16.5. The number of hydrogen-bond donors (Lipinski definition) is 0. The molecular formula is C31H48N2O2. The summed E-state index contributed by atoms with van der Waals surface area (Å²) in [4.78, 5) is 9.02. The standard InChI is InChI=1S/C31H48N2O2/c1-3-26(2)14-8-7-13-25-35-30-22-23-32-31(33-30)28-18-20-29(21-19-28)34-24-12-6-4-5-9-15-27-16-10-11-17-27/h18-23,26-27H,3-17,24-25H2,1-2H3. The average Bonchev–Trinajstić information content (AvgIpc) is 3.41. The van der Waals surface area contributed by atoms with E-state index in [1.54, 1.807) is 6.20 Å². The van der Waals surface area contributed by atoms with E-state index in [-0.39, 0.29) is 0 Å². The van der Waals surface area contributed by atoms with Crippen molar-refractivity contribution in [1.29, 1.82) is 0 Å². The van der Waals surface area contributed by atoms with Crippen LogP contribution in [0.25, 0.3) is 11.4 Å². The number of hydrogen-bond acceptors (Lipinski definition) is 4. The first-order valence-corrected chi connectivity index (χ1v) is 14.4. The zero-order valence-electron chi connectivity index (χ0n) is 22.4. The Labute approximate surface area is 214 Å². The van der Waals surface area contributed by atoms with Crippen LogP contribution in [0.3, 0.4) is 0 Å². The molecule has 2 aromatic rings.